The van der Waals surface area contributed by atoms with Crippen molar-refractivity contribution in [3.05, 3.63) is 58.7 Å². The van der Waals surface area contributed by atoms with Gasteiger partial charge in [-0.3, -0.25) is 9.10 Å². The third-order valence-corrected chi connectivity index (χ3v) is 6.46. The number of aryl methyl sites for hydroxylation is 3. The van der Waals surface area contributed by atoms with Crippen LogP contribution in [-0.4, -0.2) is 33.7 Å². The molecule has 1 N–H and O–H groups in total. The molecule has 164 valence electrons. The number of hydrogen-bond donors (Lipinski definition) is 1. The molecule has 0 unspecified atom stereocenters. The van der Waals surface area contributed by atoms with Crippen LogP contribution in [0.3, 0.4) is 0 Å². The normalized spacial score (nSPS) is 13.4. The van der Waals surface area contributed by atoms with Crippen molar-refractivity contribution in [1.82, 2.24) is 5.32 Å². The molecule has 0 aromatic heterocycles. The van der Waals surface area contributed by atoms with Crippen molar-refractivity contribution < 1.29 is 17.9 Å². The SMILES string of the molecule is CC[C@H](NC(=O)[C@@H](C)N(c1cc(C)ccc1C)S(C)(=O)=O)c1ccc(OC)c(C)c1. The summed E-state index contributed by atoms with van der Waals surface area (Å²) in [5.41, 5.74) is 4.17. The number of carbonyl (C=O) groups excluding carboxylic acids is 1. The number of anilines is 1. The number of methoxy groups -OCH3 is 1. The molecular formula is C23H32N2O4S. The van der Waals surface area contributed by atoms with Gasteiger partial charge in [-0.1, -0.05) is 31.2 Å². The van der Waals surface area contributed by atoms with Crippen molar-refractivity contribution in [2.24, 2.45) is 0 Å². The van der Waals surface area contributed by atoms with Gasteiger partial charge in [0.15, 0.2) is 0 Å². The highest BCUT2D eigenvalue weighted by Crippen LogP contribution is 2.28. The molecule has 30 heavy (non-hydrogen) atoms. The molecule has 6 nitrogen and oxygen atoms in total. The van der Waals surface area contributed by atoms with Crippen LogP contribution in [-0.2, 0) is 14.8 Å². The van der Waals surface area contributed by atoms with Gasteiger partial charge >= 0.3 is 0 Å². The predicted molar refractivity (Wildman–Crippen MR) is 122 cm³/mol. The van der Waals surface area contributed by atoms with Gasteiger partial charge in [-0.15, -0.1) is 0 Å². The number of nitrogens with one attached hydrogen (secondary N) is 1. The highest BCUT2D eigenvalue weighted by Gasteiger charge is 2.31. The quantitative estimate of drug-likeness (QED) is 0.683. The monoisotopic (exact) mass is 432 g/mol. The number of rotatable bonds is 8. The Hall–Kier alpha value is -2.54. The second-order valence-electron chi connectivity index (χ2n) is 7.72. The highest BCUT2D eigenvalue weighted by molar-refractivity contribution is 7.92. The van der Waals surface area contributed by atoms with E-state index in [9.17, 15) is 13.2 Å². The summed E-state index contributed by atoms with van der Waals surface area (Å²) in [6, 6.07) is 10.2. The average molecular weight is 433 g/mol. The van der Waals surface area contributed by atoms with Crippen molar-refractivity contribution in [3.8, 4) is 5.75 Å². The van der Waals surface area contributed by atoms with E-state index in [1.807, 2.05) is 58.0 Å². The standard InChI is InChI=1S/C23H32N2O4S/c1-8-20(19-11-12-22(29-6)17(4)14-19)24-23(26)18(5)25(30(7,27)28)21-13-15(2)9-10-16(21)3/h9-14,18,20H,8H2,1-7H3,(H,24,26)/t18-,20+/m1/s1. The molecular weight excluding hydrogens is 400 g/mol. The van der Waals surface area contributed by atoms with Crippen molar-refractivity contribution >= 4 is 21.6 Å². The topological polar surface area (TPSA) is 75.7 Å². The maximum absolute atomic E-state index is 13.1. The molecule has 2 rings (SSSR count). The molecule has 0 spiro atoms. The molecule has 0 fully saturated rings. The Morgan fingerprint density at radius 3 is 2.30 bits per heavy atom. The number of sulfonamides is 1. The minimum absolute atomic E-state index is 0.232. The lowest BCUT2D eigenvalue weighted by molar-refractivity contribution is -0.122. The van der Waals surface area contributed by atoms with Gasteiger partial charge in [0, 0.05) is 0 Å². The zero-order valence-electron chi connectivity index (χ0n) is 18.8. The highest BCUT2D eigenvalue weighted by atomic mass is 32.2. The van der Waals surface area contributed by atoms with E-state index in [1.165, 1.54) is 4.31 Å². The fourth-order valence-electron chi connectivity index (χ4n) is 3.57. The Kier molecular flexibility index (Phi) is 7.53. The van der Waals surface area contributed by atoms with Gasteiger partial charge < -0.3 is 10.1 Å². The van der Waals surface area contributed by atoms with Crippen LogP contribution >= 0.6 is 0 Å². The Bertz CT molecular complexity index is 1020. The zero-order valence-corrected chi connectivity index (χ0v) is 19.6. The van der Waals surface area contributed by atoms with Gasteiger partial charge in [0.2, 0.25) is 15.9 Å². The molecule has 2 aromatic carbocycles. The number of carbonyl (C=O) groups is 1. The number of benzene rings is 2. The summed E-state index contributed by atoms with van der Waals surface area (Å²) < 4.78 is 31.7. The fraction of sp³-hybridized carbons (Fsp3) is 0.435. The van der Waals surface area contributed by atoms with Crippen molar-refractivity contribution in [3.63, 3.8) is 0 Å². The van der Waals surface area contributed by atoms with Gasteiger partial charge in [-0.2, -0.15) is 0 Å². The number of nitrogens with zero attached hydrogens (tertiary/aromatic N) is 1. The van der Waals surface area contributed by atoms with E-state index in [-0.39, 0.29) is 11.9 Å². The molecule has 0 aliphatic heterocycles. The molecule has 2 aromatic rings. The largest absolute Gasteiger partial charge is 0.496 e. The number of ether oxygens (including phenoxy) is 1. The number of hydrogen-bond acceptors (Lipinski definition) is 4. The Morgan fingerprint density at radius 2 is 1.77 bits per heavy atom. The van der Waals surface area contributed by atoms with Crippen LogP contribution < -0.4 is 14.4 Å². The molecule has 0 heterocycles. The van der Waals surface area contributed by atoms with E-state index in [1.54, 1.807) is 20.1 Å². The van der Waals surface area contributed by atoms with E-state index < -0.39 is 16.1 Å². The summed E-state index contributed by atoms with van der Waals surface area (Å²) in [7, 11) is -2.05. The first-order valence-electron chi connectivity index (χ1n) is 10.0. The van der Waals surface area contributed by atoms with Crippen LogP contribution in [0.1, 0.15) is 48.6 Å². The van der Waals surface area contributed by atoms with Gasteiger partial charge in [0.25, 0.3) is 0 Å². The zero-order chi connectivity index (χ0) is 22.6. The molecule has 0 aliphatic carbocycles. The first-order valence-corrected chi connectivity index (χ1v) is 11.9. The third kappa shape index (κ3) is 5.33. The smallest absolute Gasteiger partial charge is 0.244 e. The first kappa shape index (κ1) is 23.7. The van der Waals surface area contributed by atoms with Crippen LogP contribution in [0, 0.1) is 20.8 Å². The molecule has 0 bridgehead atoms. The molecule has 2 atom stereocenters. The van der Waals surface area contributed by atoms with E-state index in [0.717, 1.165) is 34.3 Å². The summed E-state index contributed by atoms with van der Waals surface area (Å²) in [4.78, 5) is 13.1. The van der Waals surface area contributed by atoms with Gasteiger partial charge in [-0.25, -0.2) is 8.42 Å². The Balaban J connectivity index is 2.34. The van der Waals surface area contributed by atoms with E-state index in [0.29, 0.717) is 12.1 Å². The molecule has 0 radical (unpaired) electrons. The minimum atomic E-state index is -3.67. The van der Waals surface area contributed by atoms with Crippen molar-refractivity contribution in [1.29, 1.82) is 0 Å². The van der Waals surface area contributed by atoms with Crippen molar-refractivity contribution in [2.45, 2.75) is 53.1 Å². The van der Waals surface area contributed by atoms with Crippen LogP contribution in [0.5, 0.6) is 5.75 Å². The third-order valence-electron chi connectivity index (χ3n) is 5.24. The number of amides is 1. The maximum Gasteiger partial charge on any atom is 0.244 e. The molecule has 0 aliphatic rings. The lowest BCUT2D eigenvalue weighted by Gasteiger charge is -2.31. The second kappa shape index (κ2) is 9.51. The lowest BCUT2D eigenvalue weighted by Crippen LogP contribution is -2.48. The summed E-state index contributed by atoms with van der Waals surface area (Å²) in [5.74, 6) is 0.438. The van der Waals surface area contributed by atoms with Crippen LogP contribution in [0.4, 0.5) is 5.69 Å². The van der Waals surface area contributed by atoms with E-state index in [2.05, 4.69) is 5.32 Å². The molecule has 1 amide bonds. The summed E-state index contributed by atoms with van der Waals surface area (Å²) in [5, 5.41) is 3.02. The summed E-state index contributed by atoms with van der Waals surface area (Å²) in [6.07, 6.45) is 1.80. The molecule has 0 saturated heterocycles. The Labute approximate surface area is 180 Å². The molecule has 0 saturated carbocycles. The van der Waals surface area contributed by atoms with E-state index in [4.69, 9.17) is 4.74 Å². The van der Waals surface area contributed by atoms with Gasteiger partial charge in [0.1, 0.15) is 11.8 Å². The Morgan fingerprint density at radius 1 is 1.10 bits per heavy atom. The predicted octanol–water partition coefficient (Wildman–Crippen LogP) is 4.04. The molecule has 7 heteroatoms. The minimum Gasteiger partial charge on any atom is -0.496 e. The van der Waals surface area contributed by atoms with Crippen LogP contribution in [0.25, 0.3) is 0 Å². The fourth-order valence-corrected chi connectivity index (χ4v) is 4.79. The lowest BCUT2D eigenvalue weighted by atomic mass is 10.0. The summed E-state index contributed by atoms with van der Waals surface area (Å²) in [6.45, 7) is 9.28. The second-order valence-corrected chi connectivity index (χ2v) is 9.58. The maximum atomic E-state index is 13.1. The van der Waals surface area contributed by atoms with Gasteiger partial charge in [0.05, 0.1) is 25.1 Å². The summed E-state index contributed by atoms with van der Waals surface area (Å²) >= 11 is 0. The average Bonchev–Trinajstić information content (AvgIpc) is 2.67. The first-order chi connectivity index (χ1) is 14.0. The van der Waals surface area contributed by atoms with Gasteiger partial charge in [-0.05, 0) is 68.5 Å². The van der Waals surface area contributed by atoms with E-state index >= 15 is 0 Å². The van der Waals surface area contributed by atoms with Crippen LogP contribution in [0.15, 0.2) is 36.4 Å². The van der Waals surface area contributed by atoms with Crippen LogP contribution in [0.2, 0.25) is 0 Å². The van der Waals surface area contributed by atoms with Crippen molar-refractivity contribution in [2.75, 3.05) is 17.7 Å².